The molecule has 1 saturated heterocycles. The maximum atomic E-state index is 10.5. The Labute approximate surface area is 63.8 Å². The molecule has 1 aliphatic rings. The fraction of sp³-hybridized carbons (Fsp3) is 0.500. The molecule has 0 aliphatic carbocycles. The highest BCUT2D eigenvalue weighted by atomic mass is 32.1. The van der Waals surface area contributed by atoms with Crippen molar-refractivity contribution in [3.05, 3.63) is 0 Å². The molecule has 0 aromatic rings. The largest absolute Gasteiger partial charge is 0.360 e. The first-order chi connectivity index (χ1) is 4.22. The average molecular weight is 162 g/mol. The number of hydrogen-bond donors (Lipinski definition) is 2. The Bertz CT molecular complexity index is 159. The third-order valence-corrected chi connectivity index (χ3v) is 1.69. The number of carbonyl (C=O) groups is 1. The van der Waals surface area contributed by atoms with Gasteiger partial charge in [0.15, 0.2) is 5.11 Å². The normalized spacial score (nSPS) is 17.9. The SMILES string of the molecule is O=C(S)N1CCNC1=S. The summed E-state index contributed by atoms with van der Waals surface area (Å²) in [5.74, 6) is 0. The van der Waals surface area contributed by atoms with Gasteiger partial charge in [-0.1, -0.05) is 12.6 Å². The molecule has 0 radical (unpaired) electrons. The van der Waals surface area contributed by atoms with Gasteiger partial charge < -0.3 is 5.32 Å². The number of carbonyl (C=O) groups excluding carboxylic acids is 1. The highest BCUT2D eigenvalue weighted by Crippen LogP contribution is 2.00. The molecule has 0 atom stereocenters. The molecule has 1 N–H and O–H groups in total. The Morgan fingerprint density at radius 3 is 2.78 bits per heavy atom. The zero-order valence-electron chi connectivity index (χ0n) is 4.63. The molecule has 0 aromatic heterocycles. The fourth-order valence-corrected chi connectivity index (χ4v) is 1.20. The summed E-state index contributed by atoms with van der Waals surface area (Å²) < 4.78 is 0. The molecule has 0 aromatic carbocycles. The molecule has 1 heterocycles. The van der Waals surface area contributed by atoms with Crippen LogP contribution in [-0.4, -0.2) is 28.3 Å². The van der Waals surface area contributed by atoms with E-state index in [0.717, 1.165) is 6.54 Å². The van der Waals surface area contributed by atoms with E-state index in [1.165, 1.54) is 4.90 Å². The molecule has 0 unspecified atom stereocenters. The van der Waals surface area contributed by atoms with Crippen molar-refractivity contribution < 1.29 is 4.79 Å². The molecule has 50 valence electrons. The Morgan fingerprint density at radius 1 is 1.89 bits per heavy atom. The van der Waals surface area contributed by atoms with E-state index >= 15 is 0 Å². The quantitative estimate of drug-likeness (QED) is 0.395. The lowest BCUT2D eigenvalue weighted by atomic mass is 10.7. The van der Waals surface area contributed by atoms with Crippen molar-refractivity contribution in [1.29, 1.82) is 0 Å². The van der Waals surface area contributed by atoms with Crippen LogP contribution >= 0.6 is 24.8 Å². The van der Waals surface area contributed by atoms with Gasteiger partial charge in [-0.05, 0) is 12.2 Å². The number of thiol groups is 1. The van der Waals surface area contributed by atoms with Crippen molar-refractivity contribution in [2.45, 2.75) is 0 Å². The monoisotopic (exact) mass is 162 g/mol. The van der Waals surface area contributed by atoms with Gasteiger partial charge in [0, 0.05) is 13.1 Å². The standard InChI is InChI=1S/C4H6N2OS2/c7-4(9)6-2-1-5-3(6)8/h1-2H2,(H,5,8)(H,7,9). The number of hydrogen-bond acceptors (Lipinski definition) is 2. The van der Waals surface area contributed by atoms with E-state index in [9.17, 15) is 4.79 Å². The number of thiocarbonyl (C=S) groups is 1. The van der Waals surface area contributed by atoms with Gasteiger partial charge in [0.2, 0.25) is 0 Å². The molecule has 1 aliphatic heterocycles. The fourth-order valence-electron chi connectivity index (χ4n) is 0.654. The highest BCUT2D eigenvalue weighted by molar-refractivity contribution is 7.96. The molecule has 3 nitrogen and oxygen atoms in total. The van der Waals surface area contributed by atoms with Crippen LogP contribution in [0.15, 0.2) is 0 Å². The first kappa shape index (κ1) is 6.82. The van der Waals surface area contributed by atoms with Gasteiger partial charge in [0.05, 0.1) is 0 Å². The van der Waals surface area contributed by atoms with E-state index in [1.54, 1.807) is 0 Å². The van der Waals surface area contributed by atoms with Gasteiger partial charge in [-0.25, -0.2) is 0 Å². The molecule has 5 heteroatoms. The minimum absolute atomic E-state index is 0.287. The summed E-state index contributed by atoms with van der Waals surface area (Å²) >= 11 is 8.37. The minimum Gasteiger partial charge on any atom is -0.360 e. The highest BCUT2D eigenvalue weighted by Gasteiger charge is 2.19. The first-order valence-electron chi connectivity index (χ1n) is 2.50. The van der Waals surface area contributed by atoms with Crippen molar-refractivity contribution in [2.24, 2.45) is 0 Å². The lowest BCUT2D eigenvalue weighted by Crippen LogP contribution is -2.29. The number of nitrogens with one attached hydrogen (secondary N) is 1. The van der Waals surface area contributed by atoms with Crippen LogP contribution in [0.25, 0.3) is 0 Å². The van der Waals surface area contributed by atoms with E-state index in [4.69, 9.17) is 12.2 Å². The minimum atomic E-state index is -0.287. The molecule has 0 saturated carbocycles. The summed E-state index contributed by atoms with van der Waals surface area (Å²) in [6, 6.07) is 0. The van der Waals surface area contributed by atoms with Crippen LogP contribution in [0.4, 0.5) is 4.79 Å². The maximum Gasteiger partial charge on any atom is 0.284 e. The number of amides is 1. The molecule has 1 fully saturated rings. The molecular formula is C4H6N2OS2. The van der Waals surface area contributed by atoms with Gasteiger partial charge in [0.1, 0.15) is 0 Å². The Kier molecular flexibility index (Phi) is 1.92. The lowest BCUT2D eigenvalue weighted by molar-refractivity contribution is 0.247. The van der Waals surface area contributed by atoms with Crippen LogP contribution in [0.5, 0.6) is 0 Å². The van der Waals surface area contributed by atoms with Crippen LogP contribution in [-0.2, 0) is 0 Å². The van der Waals surface area contributed by atoms with Crippen LogP contribution < -0.4 is 5.32 Å². The van der Waals surface area contributed by atoms with Crippen molar-refractivity contribution in [2.75, 3.05) is 13.1 Å². The van der Waals surface area contributed by atoms with Gasteiger partial charge >= 0.3 is 0 Å². The second-order valence-corrected chi connectivity index (χ2v) is 2.44. The van der Waals surface area contributed by atoms with E-state index in [0.29, 0.717) is 11.7 Å². The molecule has 1 amide bonds. The Balaban J connectivity index is 2.60. The first-order valence-corrected chi connectivity index (χ1v) is 3.35. The smallest absolute Gasteiger partial charge is 0.284 e. The summed E-state index contributed by atoms with van der Waals surface area (Å²) in [5, 5.41) is 3.03. The molecular weight excluding hydrogens is 156 g/mol. The van der Waals surface area contributed by atoms with Gasteiger partial charge in [-0.2, -0.15) is 0 Å². The van der Waals surface area contributed by atoms with Crippen LogP contribution in [0.2, 0.25) is 0 Å². The zero-order valence-corrected chi connectivity index (χ0v) is 6.34. The summed E-state index contributed by atoms with van der Waals surface area (Å²) in [7, 11) is 0. The van der Waals surface area contributed by atoms with Crippen molar-refractivity contribution in [1.82, 2.24) is 10.2 Å². The summed E-state index contributed by atoms with van der Waals surface area (Å²) in [4.78, 5) is 11.9. The lowest BCUT2D eigenvalue weighted by Gasteiger charge is -2.08. The van der Waals surface area contributed by atoms with E-state index in [2.05, 4.69) is 17.9 Å². The van der Waals surface area contributed by atoms with Crippen molar-refractivity contribution in [3.8, 4) is 0 Å². The van der Waals surface area contributed by atoms with Crippen LogP contribution in [0.3, 0.4) is 0 Å². The van der Waals surface area contributed by atoms with Crippen LogP contribution in [0.1, 0.15) is 0 Å². The zero-order chi connectivity index (χ0) is 6.85. The summed E-state index contributed by atoms with van der Waals surface area (Å²) in [5.41, 5.74) is 0. The maximum absolute atomic E-state index is 10.5. The molecule has 9 heavy (non-hydrogen) atoms. The number of rotatable bonds is 0. The van der Waals surface area contributed by atoms with Crippen molar-refractivity contribution >= 4 is 35.2 Å². The second kappa shape index (κ2) is 2.53. The van der Waals surface area contributed by atoms with Gasteiger partial charge in [-0.3, -0.25) is 9.69 Å². The van der Waals surface area contributed by atoms with Crippen molar-refractivity contribution in [3.63, 3.8) is 0 Å². The Morgan fingerprint density at radius 2 is 2.56 bits per heavy atom. The molecule has 1 rings (SSSR count). The number of nitrogens with zero attached hydrogens (tertiary/aromatic N) is 1. The predicted molar refractivity (Wildman–Crippen MR) is 41.7 cm³/mol. The average Bonchev–Trinajstić information content (AvgIpc) is 2.13. The Hall–Kier alpha value is -0.290. The predicted octanol–water partition coefficient (Wildman–Crippen LogP) is 0.226. The summed E-state index contributed by atoms with van der Waals surface area (Å²) in [6.45, 7) is 1.38. The van der Waals surface area contributed by atoms with E-state index in [1.807, 2.05) is 0 Å². The molecule has 0 bridgehead atoms. The summed E-state index contributed by atoms with van der Waals surface area (Å²) in [6.07, 6.45) is 0. The van der Waals surface area contributed by atoms with Crippen LogP contribution in [0, 0.1) is 0 Å². The van der Waals surface area contributed by atoms with Gasteiger partial charge in [0.25, 0.3) is 5.24 Å². The third-order valence-electron chi connectivity index (χ3n) is 1.09. The third kappa shape index (κ3) is 1.34. The topological polar surface area (TPSA) is 32.3 Å². The van der Waals surface area contributed by atoms with E-state index in [-0.39, 0.29) is 5.24 Å². The molecule has 0 spiro atoms. The van der Waals surface area contributed by atoms with E-state index < -0.39 is 0 Å². The van der Waals surface area contributed by atoms with Gasteiger partial charge in [-0.15, -0.1) is 0 Å². The second-order valence-electron chi connectivity index (χ2n) is 1.67.